The molecule has 1 heterocycles. The molecule has 7 heteroatoms. The molecule has 2 aromatic rings. The maximum Gasteiger partial charge on any atom is 0.227 e. The Bertz CT molecular complexity index is 662. The minimum Gasteiger partial charge on any atom is -0.326 e. The van der Waals surface area contributed by atoms with Crippen molar-refractivity contribution in [2.45, 2.75) is 51.5 Å². The van der Waals surface area contributed by atoms with Crippen molar-refractivity contribution in [3.63, 3.8) is 0 Å². The number of nitrogens with one attached hydrogen (secondary N) is 2. The summed E-state index contributed by atoms with van der Waals surface area (Å²) in [4.78, 5) is 16.8. The van der Waals surface area contributed by atoms with E-state index in [0.29, 0.717) is 18.2 Å². The number of benzene rings is 1. The summed E-state index contributed by atoms with van der Waals surface area (Å²) in [6.07, 6.45) is 8.13. The number of hydrogen-bond donors (Lipinski definition) is 3. The fourth-order valence-electron chi connectivity index (χ4n) is 3.18. The Morgan fingerprint density at radius 2 is 1.76 bits per heavy atom. The second-order valence-electron chi connectivity index (χ2n) is 6.42. The van der Waals surface area contributed by atoms with Gasteiger partial charge in [0.2, 0.25) is 5.91 Å². The number of halogens is 1. The van der Waals surface area contributed by atoms with Crippen LogP contribution >= 0.6 is 12.4 Å². The molecule has 0 aliphatic heterocycles. The van der Waals surface area contributed by atoms with E-state index in [0.717, 1.165) is 36.9 Å². The Labute approximate surface area is 154 Å². The molecule has 136 valence electrons. The monoisotopic (exact) mass is 363 g/mol. The lowest BCUT2D eigenvalue weighted by molar-refractivity contribution is -0.120. The lowest BCUT2D eigenvalue weighted by Gasteiger charge is -2.19. The fourth-order valence-corrected chi connectivity index (χ4v) is 3.18. The predicted octanol–water partition coefficient (Wildman–Crippen LogP) is 3.65. The van der Waals surface area contributed by atoms with Gasteiger partial charge in [0.1, 0.15) is 5.82 Å². The van der Waals surface area contributed by atoms with Gasteiger partial charge >= 0.3 is 0 Å². The van der Waals surface area contributed by atoms with Crippen molar-refractivity contribution in [3.8, 4) is 11.4 Å². The van der Waals surface area contributed by atoms with Crippen LogP contribution in [0.15, 0.2) is 24.3 Å². The van der Waals surface area contributed by atoms with Gasteiger partial charge in [-0.05, 0) is 37.1 Å². The SMILES string of the molecule is Cl.NCc1nc(-c2ccc(NC(=O)C3CCCCCCC3)cc2)n[nH]1. The Morgan fingerprint density at radius 1 is 1.12 bits per heavy atom. The Morgan fingerprint density at radius 3 is 2.36 bits per heavy atom. The van der Waals surface area contributed by atoms with Gasteiger partial charge in [0.15, 0.2) is 5.82 Å². The number of H-pyrrole nitrogens is 1. The van der Waals surface area contributed by atoms with Gasteiger partial charge in [-0.25, -0.2) is 4.98 Å². The minimum absolute atomic E-state index is 0. The summed E-state index contributed by atoms with van der Waals surface area (Å²) in [7, 11) is 0. The van der Waals surface area contributed by atoms with E-state index >= 15 is 0 Å². The van der Waals surface area contributed by atoms with E-state index in [-0.39, 0.29) is 24.2 Å². The van der Waals surface area contributed by atoms with E-state index in [4.69, 9.17) is 5.73 Å². The molecular formula is C18H26ClN5O. The Balaban J connectivity index is 0.00000225. The number of nitrogens with two attached hydrogens (primary N) is 1. The molecule has 0 saturated heterocycles. The maximum atomic E-state index is 12.5. The van der Waals surface area contributed by atoms with Crippen molar-refractivity contribution in [1.82, 2.24) is 15.2 Å². The molecule has 1 aliphatic carbocycles. The highest BCUT2D eigenvalue weighted by molar-refractivity contribution is 5.92. The number of aromatic amines is 1. The van der Waals surface area contributed by atoms with Gasteiger partial charge in [-0.2, -0.15) is 5.10 Å². The van der Waals surface area contributed by atoms with Crippen LogP contribution in [0.5, 0.6) is 0 Å². The van der Waals surface area contributed by atoms with E-state index in [2.05, 4.69) is 20.5 Å². The van der Waals surface area contributed by atoms with Gasteiger partial charge in [-0.1, -0.05) is 32.1 Å². The van der Waals surface area contributed by atoms with Gasteiger partial charge < -0.3 is 11.1 Å². The highest BCUT2D eigenvalue weighted by atomic mass is 35.5. The third-order valence-corrected chi connectivity index (χ3v) is 4.61. The first kappa shape index (κ1) is 19.4. The van der Waals surface area contributed by atoms with Crippen LogP contribution in [-0.2, 0) is 11.3 Å². The number of rotatable bonds is 4. The molecule has 0 unspecified atom stereocenters. The first-order chi connectivity index (χ1) is 11.8. The standard InChI is InChI=1S/C18H25N5O.ClH/c19-12-16-21-17(23-22-16)13-8-10-15(11-9-13)20-18(24)14-6-4-2-1-3-5-7-14;/h8-11,14H,1-7,12,19H2,(H,20,24)(H,21,22,23);1H. The van der Waals surface area contributed by atoms with Crippen molar-refractivity contribution >= 4 is 24.0 Å². The van der Waals surface area contributed by atoms with E-state index < -0.39 is 0 Å². The normalized spacial score (nSPS) is 15.7. The summed E-state index contributed by atoms with van der Waals surface area (Å²) >= 11 is 0. The largest absolute Gasteiger partial charge is 0.326 e. The van der Waals surface area contributed by atoms with Crippen LogP contribution in [0, 0.1) is 5.92 Å². The molecule has 4 N–H and O–H groups in total. The second kappa shape index (κ2) is 9.53. The summed E-state index contributed by atoms with van der Waals surface area (Å²) in [5.41, 5.74) is 7.25. The average Bonchev–Trinajstić information content (AvgIpc) is 3.04. The van der Waals surface area contributed by atoms with Crippen LogP contribution in [0.3, 0.4) is 0 Å². The van der Waals surface area contributed by atoms with Crippen molar-refractivity contribution in [2.75, 3.05) is 5.32 Å². The zero-order valence-corrected chi connectivity index (χ0v) is 15.1. The number of hydrogen-bond acceptors (Lipinski definition) is 4. The summed E-state index contributed by atoms with van der Waals surface area (Å²) < 4.78 is 0. The fraction of sp³-hybridized carbons (Fsp3) is 0.500. The third kappa shape index (κ3) is 5.28. The van der Waals surface area contributed by atoms with Crippen molar-refractivity contribution in [2.24, 2.45) is 11.7 Å². The molecule has 1 aromatic carbocycles. The van der Waals surface area contributed by atoms with E-state index in [1.807, 2.05) is 24.3 Å². The molecular weight excluding hydrogens is 338 g/mol. The molecule has 1 saturated carbocycles. The molecule has 1 aliphatic rings. The van der Waals surface area contributed by atoms with Gasteiger partial charge in [0.05, 0.1) is 6.54 Å². The molecule has 6 nitrogen and oxygen atoms in total. The van der Waals surface area contributed by atoms with Crippen molar-refractivity contribution in [1.29, 1.82) is 0 Å². The maximum absolute atomic E-state index is 12.5. The van der Waals surface area contributed by atoms with Crippen molar-refractivity contribution < 1.29 is 4.79 Å². The van der Waals surface area contributed by atoms with E-state index in [9.17, 15) is 4.79 Å². The highest BCUT2D eigenvalue weighted by Crippen LogP contribution is 2.24. The van der Waals surface area contributed by atoms with Crippen LogP contribution in [0.25, 0.3) is 11.4 Å². The molecule has 1 fully saturated rings. The number of aromatic nitrogens is 3. The quantitative estimate of drug-likeness (QED) is 0.772. The molecule has 0 radical (unpaired) electrons. The summed E-state index contributed by atoms with van der Waals surface area (Å²) in [5, 5.41) is 9.98. The summed E-state index contributed by atoms with van der Waals surface area (Å²) in [6, 6.07) is 7.62. The zero-order valence-electron chi connectivity index (χ0n) is 14.3. The molecule has 0 spiro atoms. The molecule has 1 amide bonds. The lowest BCUT2D eigenvalue weighted by atomic mass is 9.90. The van der Waals surface area contributed by atoms with E-state index in [1.54, 1.807) is 0 Å². The first-order valence-electron chi connectivity index (χ1n) is 8.79. The summed E-state index contributed by atoms with van der Waals surface area (Å²) in [6.45, 7) is 0.336. The van der Waals surface area contributed by atoms with Crippen LogP contribution in [-0.4, -0.2) is 21.1 Å². The summed E-state index contributed by atoms with van der Waals surface area (Å²) in [5.74, 6) is 1.57. The minimum atomic E-state index is 0. The predicted molar refractivity (Wildman–Crippen MR) is 101 cm³/mol. The number of amides is 1. The number of carbonyl (C=O) groups excluding carboxylic acids is 1. The van der Waals surface area contributed by atoms with Crippen LogP contribution < -0.4 is 11.1 Å². The topological polar surface area (TPSA) is 96.7 Å². The van der Waals surface area contributed by atoms with Gasteiger partial charge in [0.25, 0.3) is 0 Å². The first-order valence-corrected chi connectivity index (χ1v) is 8.79. The lowest BCUT2D eigenvalue weighted by Crippen LogP contribution is -2.23. The second-order valence-corrected chi connectivity index (χ2v) is 6.42. The van der Waals surface area contributed by atoms with Crippen LogP contribution in [0.1, 0.15) is 50.8 Å². The third-order valence-electron chi connectivity index (χ3n) is 4.61. The van der Waals surface area contributed by atoms with Crippen molar-refractivity contribution in [3.05, 3.63) is 30.1 Å². The van der Waals surface area contributed by atoms with E-state index in [1.165, 1.54) is 19.3 Å². The number of nitrogens with zero attached hydrogens (tertiary/aromatic N) is 2. The Hall–Kier alpha value is -1.92. The highest BCUT2D eigenvalue weighted by Gasteiger charge is 2.19. The van der Waals surface area contributed by atoms with Crippen LogP contribution in [0.2, 0.25) is 0 Å². The van der Waals surface area contributed by atoms with Gasteiger partial charge in [-0.3, -0.25) is 9.89 Å². The van der Waals surface area contributed by atoms with Crippen LogP contribution in [0.4, 0.5) is 5.69 Å². The molecule has 1 aromatic heterocycles. The van der Waals surface area contributed by atoms with Gasteiger partial charge in [-0.15, -0.1) is 12.4 Å². The van der Waals surface area contributed by atoms with Gasteiger partial charge in [0, 0.05) is 17.2 Å². The molecule has 0 bridgehead atoms. The molecule has 25 heavy (non-hydrogen) atoms. The Kier molecular flexibility index (Phi) is 7.40. The number of carbonyl (C=O) groups is 1. The average molecular weight is 364 g/mol. The molecule has 3 rings (SSSR count). The number of anilines is 1. The zero-order chi connectivity index (χ0) is 16.8. The molecule has 0 atom stereocenters. The smallest absolute Gasteiger partial charge is 0.227 e.